The van der Waals surface area contributed by atoms with Crippen LogP contribution in [0.5, 0.6) is 5.75 Å². The fraction of sp³-hybridized carbons (Fsp3) is 0.261. The molecule has 1 aliphatic heterocycles. The van der Waals surface area contributed by atoms with Crippen molar-refractivity contribution in [3.8, 4) is 5.75 Å². The maximum absolute atomic E-state index is 14.6. The average Bonchev–Trinajstić information content (AvgIpc) is 3.27. The minimum Gasteiger partial charge on any atom is -0.484 e. The standard InChI is InChI=1S/C23H22FN3O3S/c1-23(8-10-31-22(25)27-23)18-11-15(4-6-19(18)24)12-21(28)20-7-5-16(13-26-20)30-14-17-3-2-9-29-17/h2-7,9,11,13H,8,10,12,14H2,1H3,(H2,25,27)/t23-/m0/s1. The van der Waals surface area contributed by atoms with E-state index in [-0.39, 0.29) is 24.6 Å². The molecule has 0 unspecified atom stereocenters. The van der Waals surface area contributed by atoms with Crippen LogP contribution in [0.4, 0.5) is 4.39 Å². The van der Waals surface area contributed by atoms with Gasteiger partial charge >= 0.3 is 0 Å². The van der Waals surface area contributed by atoms with Gasteiger partial charge in [0.05, 0.1) is 18.0 Å². The molecule has 0 bridgehead atoms. The van der Waals surface area contributed by atoms with Gasteiger partial charge in [0.15, 0.2) is 11.0 Å². The fourth-order valence-electron chi connectivity index (χ4n) is 3.43. The molecule has 160 valence electrons. The lowest BCUT2D eigenvalue weighted by Crippen LogP contribution is -2.29. The van der Waals surface area contributed by atoms with Gasteiger partial charge in [0.25, 0.3) is 0 Å². The van der Waals surface area contributed by atoms with Crippen molar-refractivity contribution in [1.29, 1.82) is 0 Å². The second kappa shape index (κ2) is 8.93. The van der Waals surface area contributed by atoms with Crippen LogP contribution in [0.1, 0.15) is 40.7 Å². The molecular formula is C23H22FN3O3S. The summed E-state index contributed by atoms with van der Waals surface area (Å²) in [5.74, 6) is 1.49. The summed E-state index contributed by atoms with van der Waals surface area (Å²) in [6.07, 6.45) is 3.86. The molecule has 0 saturated carbocycles. The highest BCUT2D eigenvalue weighted by atomic mass is 32.2. The predicted molar refractivity (Wildman–Crippen MR) is 118 cm³/mol. The number of hydrogen-bond acceptors (Lipinski definition) is 7. The molecule has 0 radical (unpaired) electrons. The van der Waals surface area contributed by atoms with Gasteiger partial charge in [-0.2, -0.15) is 0 Å². The molecule has 0 aliphatic carbocycles. The van der Waals surface area contributed by atoms with E-state index in [9.17, 15) is 9.18 Å². The van der Waals surface area contributed by atoms with Crippen molar-refractivity contribution in [2.75, 3.05) is 5.75 Å². The number of benzene rings is 1. The SMILES string of the molecule is C[C@@]1(c2cc(CC(=O)c3ccc(OCc4ccco4)cn3)ccc2F)CCSC(N)=N1. The molecule has 0 amide bonds. The number of rotatable bonds is 7. The van der Waals surface area contributed by atoms with Gasteiger partial charge in [-0.15, -0.1) is 0 Å². The van der Waals surface area contributed by atoms with Crippen LogP contribution in [0.2, 0.25) is 0 Å². The third-order valence-corrected chi connectivity index (χ3v) is 5.95. The quantitative estimate of drug-likeness (QED) is 0.546. The number of Topliss-reactive ketones (excluding diaryl/α,β-unsaturated/α-hetero) is 1. The number of amidine groups is 1. The van der Waals surface area contributed by atoms with Crippen molar-refractivity contribution in [2.45, 2.75) is 31.9 Å². The summed E-state index contributed by atoms with van der Waals surface area (Å²) >= 11 is 1.46. The van der Waals surface area contributed by atoms with Crippen molar-refractivity contribution >= 4 is 22.7 Å². The molecule has 6 nitrogen and oxygen atoms in total. The number of furan rings is 1. The Morgan fingerprint density at radius 2 is 2.19 bits per heavy atom. The number of hydrogen-bond donors (Lipinski definition) is 1. The molecule has 4 rings (SSSR count). The molecule has 3 heterocycles. The van der Waals surface area contributed by atoms with E-state index in [1.807, 2.05) is 13.0 Å². The van der Waals surface area contributed by atoms with Crippen molar-refractivity contribution < 1.29 is 18.3 Å². The van der Waals surface area contributed by atoms with Gasteiger partial charge in [0, 0.05) is 17.7 Å². The third-order valence-electron chi connectivity index (χ3n) is 5.15. The van der Waals surface area contributed by atoms with Crippen LogP contribution in [-0.4, -0.2) is 21.7 Å². The summed E-state index contributed by atoms with van der Waals surface area (Å²) in [4.78, 5) is 21.4. The Hall–Kier alpha value is -3.13. The molecule has 0 fully saturated rings. The second-order valence-electron chi connectivity index (χ2n) is 7.48. The van der Waals surface area contributed by atoms with Crippen LogP contribution >= 0.6 is 11.8 Å². The van der Waals surface area contributed by atoms with Crippen LogP contribution in [0.3, 0.4) is 0 Å². The van der Waals surface area contributed by atoms with Gasteiger partial charge in [-0.1, -0.05) is 17.8 Å². The minimum absolute atomic E-state index is 0.108. The number of nitrogens with two attached hydrogens (primary N) is 1. The summed E-state index contributed by atoms with van der Waals surface area (Å²) in [7, 11) is 0. The largest absolute Gasteiger partial charge is 0.484 e. The molecule has 8 heteroatoms. The van der Waals surface area contributed by atoms with E-state index < -0.39 is 5.54 Å². The van der Waals surface area contributed by atoms with Gasteiger partial charge in [-0.3, -0.25) is 9.79 Å². The average molecular weight is 440 g/mol. The molecule has 0 spiro atoms. The van der Waals surface area contributed by atoms with Gasteiger partial charge in [0.1, 0.15) is 29.6 Å². The van der Waals surface area contributed by atoms with Crippen molar-refractivity contribution in [3.05, 3.63) is 83.3 Å². The number of ether oxygens (including phenoxy) is 1. The van der Waals surface area contributed by atoms with E-state index in [0.717, 1.165) is 5.75 Å². The van der Waals surface area contributed by atoms with Crippen LogP contribution in [0.25, 0.3) is 0 Å². The first kappa shape index (κ1) is 21.1. The normalized spacial score (nSPS) is 18.5. The zero-order valence-electron chi connectivity index (χ0n) is 17.0. The summed E-state index contributed by atoms with van der Waals surface area (Å²) in [6.45, 7) is 2.15. The van der Waals surface area contributed by atoms with Crippen LogP contribution in [0, 0.1) is 5.82 Å². The molecule has 1 atom stereocenters. The van der Waals surface area contributed by atoms with Gasteiger partial charge in [0.2, 0.25) is 0 Å². The van der Waals surface area contributed by atoms with Crippen LogP contribution in [0.15, 0.2) is 64.3 Å². The number of carbonyl (C=O) groups is 1. The number of halogens is 1. The van der Waals surface area contributed by atoms with E-state index in [0.29, 0.717) is 39.9 Å². The monoisotopic (exact) mass is 439 g/mol. The topological polar surface area (TPSA) is 90.7 Å². The van der Waals surface area contributed by atoms with Gasteiger partial charge < -0.3 is 14.9 Å². The van der Waals surface area contributed by atoms with Crippen molar-refractivity contribution in [3.63, 3.8) is 0 Å². The lowest BCUT2D eigenvalue weighted by Gasteiger charge is -2.30. The summed E-state index contributed by atoms with van der Waals surface area (Å²) in [5.41, 5.74) is 6.61. The molecule has 1 aromatic carbocycles. The van der Waals surface area contributed by atoms with E-state index in [4.69, 9.17) is 14.9 Å². The first-order valence-electron chi connectivity index (χ1n) is 9.84. The molecule has 1 aliphatic rings. The number of aliphatic imine (C=N–C) groups is 1. The zero-order valence-corrected chi connectivity index (χ0v) is 17.8. The summed E-state index contributed by atoms with van der Waals surface area (Å²) in [6, 6.07) is 11.6. The number of ketones is 1. The first-order valence-corrected chi connectivity index (χ1v) is 10.8. The predicted octanol–water partition coefficient (Wildman–Crippen LogP) is 4.48. The highest BCUT2D eigenvalue weighted by Gasteiger charge is 2.32. The fourth-order valence-corrected chi connectivity index (χ4v) is 4.41. The van der Waals surface area contributed by atoms with Gasteiger partial charge in [-0.05, 0) is 55.3 Å². The number of nitrogens with zero attached hydrogens (tertiary/aromatic N) is 2. The molecule has 2 aromatic heterocycles. The number of thioether (sulfide) groups is 1. The van der Waals surface area contributed by atoms with Crippen LogP contribution in [-0.2, 0) is 18.6 Å². The lowest BCUT2D eigenvalue weighted by molar-refractivity contribution is 0.0988. The molecule has 31 heavy (non-hydrogen) atoms. The maximum atomic E-state index is 14.6. The summed E-state index contributed by atoms with van der Waals surface area (Å²) < 4.78 is 25.4. The van der Waals surface area contributed by atoms with E-state index in [1.165, 1.54) is 24.0 Å². The molecule has 2 N–H and O–H groups in total. The third kappa shape index (κ3) is 4.96. The summed E-state index contributed by atoms with van der Waals surface area (Å²) in [5, 5.41) is 0.452. The van der Waals surface area contributed by atoms with E-state index >= 15 is 0 Å². The van der Waals surface area contributed by atoms with E-state index in [2.05, 4.69) is 9.98 Å². The number of carbonyl (C=O) groups excluding carboxylic acids is 1. The Morgan fingerprint density at radius 3 is 2.90 bits per heavy atom. The first-order chi connectivity index (χ1) is 14.9. The highest BCUT2D eigenvalue weighted by molar-refractivity contribution is 8.13. The zero-order chi connectivity index (χ0) is 21.8. The van der Waals surface area contributed by atoms with Crippen molar-refractivity contribution in [2.24, 2.45) is 10.7 Å². The Labute approximate surface area is 183 Å². The Kier molecular flexibility index (Phi) is 6.08. The Bertz CT molecular complexity index is 1100. The van der Waals surface area contributed by atoms with Crippen LogP contribution < -0.4 is 10.5 Å². The van der Waals surface area contributed by atoms with E-state index in [1.54, 1.807) is 36.6 Å². The van der Waals surface area contributed by atoms with Crippen molar-refractivity contribution in [1.82, 2.24) is 4.98 Å². The lowest BCUT2D eigenvalue weighted by atomic mass is 9.87. The molecule has 0 saturated heterocycles. The Morgan fingerprint density at radius 1 is 1.32 bits per heavy atom. The minimum atomic E-state index is -0.732. The number of pyridine rings is 1. The Balaban J connectivity index is 1.45. The smallest absolute Gasteiger partial charge is 0.185 e. The van der Waals surface area contributed by atoms with Gasteiger partial charge in [-0.25, -0.2) is 9.37 Å². The second-order valence-corrected chi connectivity index (χ2v) is 8.60. The number of aromatic nitrogens is 1. The maximum Gasteiger partial charge on any atom is 0.185 e. The highest BCUT2D eigenvalue weighted by Crippen LogP contribution is 2.36. The molecule has 3 aromatic rings. The molecular weight excluding hydrogens is 417 g/mol.